The van der Waals surface area contributed by atoms with Gasteiger partial charge in [-0.1, -0.05) is 201 Å². The van der Waals surface area contributed by atoms with E-state index in [1.54, 1.807) is 0 Å². The molecule has 0 aliphatic rings. The van der Waals surface area contributed by atoms with Gasteiger partial charge in [-0.25, -0.2) is 0 Å². The lowest BCUT2D eigenvalue weighted by Crippen LogP contribution is -2.30. The molecular weight excluding hydrogens is 769 g/mol. The summed E-state index contributed by atoms with van der Waals surface area (Å²) in [4.78, 5) is 37.9. The number of hydrogen-bond donors (Lipinski definition) is 0. The van der Waals surface area contributed by atoms with Gasteiger partial charge in [-0.3, -0.25) is 14.4 Å². The zero-order valence-electron chi connectivity index (χ0n) is 39.8. The number of carbonyl (C=O) groups excluding carboxylic acids is 3. The van der Waals surface area contributed by atoms with E-state index < -0.39 is 6.10 Å². The minimum absolute atomic E-state index is 0.110. The topological polar surface area (TPSA) is 78.9 Å². The maximum Gasteiger partial charge on any atom is 0.306 e. The van der Waals surface area contributed by atoms with Crippen molar-refractivity contribution in [3.63, 3.8) is 0 Å². The standard InChI is InChI=1S/C56H90O6/c1-4-7-10-13-16-19-22-25-26-27-28-29-30-32-34-37-40-43-46-49-55(58)61-52-53(51-60-54(57)48-45-42-39-36-33-24-21-18-15-12-9-6-3)62-56(59)50-47-44-41-38-35-31-23-20-17-14-11-8-5-2/h8-9,11-12,14,16-23,25,31,33,35-36,53H,4-7,10,13,15,24,26-30,32,34,37-52H2,1-3H3/b11-8-,12-9-,17-14-,19-16-,21-18-,23-20-,25-22-,35-31-,36-33-. The Bertz CT molecular complexity index is 1310. The molecule has 0 bridgehead atoms. The Labute approximate surface area is 380 Å². The van der Waals surface area contributed by atoms with E-state index in [-0.39, 0.29) is 37.5 Å². The highest BCUT2D eigenvalue weighted by Crippen LogP contribution is 2.14. The smallest absolute Gasteiger partial charge is 0.306 e. The van der Waals surface area contributed by atoms with E-state index in [2.05, 4.69) is 93.7 Å². The van der Waals surface area contributed by atoms with E-state index in [0.717, 1.165) is 83.5 Å². The maximum absolute atomic E-state index is 12.7. The molecule has 1 atom stereocenters. The Morgan fingerprint density at radius 2 is 0.710 bits per heavy atom. The predicted molar refractivity (Wildman–Crippen MR) is 265 cm³/mol. The molecule has 1 unspecified atom stereocenters. The highest BCUT2D eigenvalue weighted by atomic mass is 16.6. The van der Waals surface area contributed by atoms with Crippen molar-refractivity contribution < 1.29 is 28.6 Å². The van der Waals surface area contributed by atoms with Crippen LogP contribution in [-0.2, 0) is 28.6 Å². The Balaban J connectivity index is 4.45. The molecule has 0 fully saturated rings. The number of ether oxygens (including phenoxy) is 3. The largest absolute Gasteiger partial charge is 0.462 e. The second-order valence-electron chi connectivity index (χ2n) is 16.1. The van der Waals surface area contributed by atoms with E-state index in [4.69, 9.17) is 14.2 Å². The second kappa shape index (κ2) is 49.7. The van der Waals surface area contributed by atoms with Crippen LogP contribution in [0.15, 0.2) is 109 Å². The van der Waals surface area contributed by atoms with E-state index in [9.17, 15) is 14.4 Å². The summed E-state index contributed by atoms with van der Waals surface area (Å²) in [7, 11) is 0. The Hall–Kier alpha value is -3.93. The molecule has 0 N–H and O–H groups in total. The van der Waals surface area contributed by atoms with Crippen LogP contribution in [0.3, 0.4) is 0 Å². The monoisotopic (exact) mass is 859 g/mol. The van der Waals surface area contributed by atoms with Gasteiger partial charge < -0.3 is 14.2 Å². The molecule has 0 spiro atoms. The third kappa shape index (κ3) is 47.1. The summed E-state index contributed by atoms with van der Waals surface area (Å²) in [5.41, 5.74) is 0. The van der Waals surface area contributed by atoms with Crippen LogP contribution in [0.2, 0.25) is 0 Å². The number of carbonyl (C=O) groups is 3. The average Bonchev–Trinajstić information content (AvgIpc) is 3.27. The fourth-order valence-electron chi connectivity index (χ4n) is 6.40. The third-order valence-corrected chi connectivity index (χ3v) is 10.1. The number of unbranched alkanes of at least 4 members (excludes halogenated alkanes) is 18. The van der Waals surface area contributed by atoms with E-state index in [1.165, 1.54) is 77.0 Å². The number of esters is 3. The molecule has 0 heterocycles. The average molecular weight is 859 g/mol. The van der Waals surface area contributed by atoms with Crippen LogP contribution < -0.4 is 0 Å². The van der Waals surface area contributed by atoms with Gasteiger partial charge in [0.15, 0.2) is 6.10 Å². The highest BCUT2D eigenvalue weighted by molar-refractivity contribution is 5.71. The van der Waals surface area contributed by atoms with Gasteiger partial charge in [0, 0.05) is 19.3 Å². The molecule has 0 aromatic rings. The van der Waals surface area contributed by atoms with Gasteiger partial charge in [0.25, 0.3) is 0 Å². The van der Waals surface area contributed by atoms with Crippen LogP contribution in [0, 0.1) is 0 Å². The van der Waals surface area contributed by atoms with Crippen molar-refractivity contribution in [2.45, 2.75) is 213 Å². The number of allylic oxidation sites excluding steroid dienone is 18. The van der Waals surface area contributed by atoms with Crippen molar-refractivity contribution in [2.75, 3.05) is 13.2 Å². The molecule has 6 heteroatoms. The normalized spacial score (nSPS) is 13.0. The van der Waals surface area contributed by atoms with Crippen molar-refractivity contribution >= 4 is 17.9 Å². The zero-order chi connectivity index (χ0) is 45.1. The van der Waals surface area contributed by atoms with Crippen LogP contribution in [0.4, 0.5) is 0 Å². The van der Waals surface area contributed by atoms with E-state index in [1.807, 2.05) is 36.5 Å². The Morgan fingerprint density at radius 3 is 1.24 bits per heavy atom. The van der Waals surface area contributed by atoms with Gasteiger partial charge in [-0.15, -0.1) is 0 Å². The SMILES string of the molecule is CC\C=C/C=C\C=C/C=C\CCCCCC(=O)OC(COC(=O)CCCC/C=C\C/C=C\C/C=C\CC)COC(=O)CCCCCCCCCCCC/C=C\C=C/CCCCC. The quantitative estimate of drug-likeness (QED) is 0.0200. The molecule has 0 saturated carbocycles. The summed E-state index contributed by atoms with van der Waals surface area (Å²) >= 11 is 0. The first-order chi connectivity index (χ1) is 30.5. The minimum Gasteiger partial charge on any atom is -0.462 e. The Morgan fingerprint density at radius 1 is 0.355 bits per heavy atom. The molecule has 0 aliphatic heterocycles. The van der Waals surface area contributed by atoms with Crippen LogP contribution in [0.25, 0.3) is 0 Å². The van der Waals surface area contributed by atoms with Crippen molar-refractivity contribution in [1.29, 1.82) is 0 Å². The predicted octanol–water partition coefficient (Wildman–Crippen LogP) is 16.4. The van der Waals surface area contributed by atoms with Crippen LogP contribution in [-0.4, -0.2) is 37.2 Å². The molecule has 0 aromatic heterocycles. The fourth-order valence-corrected chi connectivity index (χ4v) is 6.40. The van der Waals surface area contributed by atoms with Gasteiger partial charge in [0.1, 0.15) is 13.2 Å². The van der Waals surface area contributed by atoms with Crippen molar-refractivity contribution in [1.82, 2.24) is 0 Å². The highest BCUT2D eigenvalue weighted by Gasteiger charge is 2.19. The molecular formula is C56H90O6. The molecule has 0 radical (unpaired) electrons. The van der Waals surface area contributed by atoms with Crippen LogP contribution in [0.5, 0.6) is 0 Å². The third-order valence-electron chi connectivity index (χ3n) is 10.1. The van der Waals surface area contributed by atoms with Crippen molar-refractivity contribution in [2.24, 2.45) is 0 Å². The molecule has 0 amide bonds. The first-order valence-corrected chi connectivity index (χ1v) is 25.0. The van der Waals surface area contributed by atoms with Crippen LogP contribution in [0.1, 0.15) is 207 Å². The summed E-state index contributed by atoms with van der Waals surface area (Å²) in [6.07, 6.45) is 66.5. The molecule has 62 heavy (non-hydrogen) atoms. The first kappa shape index (κ1) is 58.1. The van der Waals surface area contributed by atoms with Crippen molar-refractivity contribution in [3.05, 3.63) is 109 Å². The number of hydrogen-bond acceptors (Lipinski definition) is 6. The summed E-state index contributed by atoms with van der Waals surface area (Å²) in [5.74, 6) is -1.00. The van der Waals surface area contributed by atoms with Crippen molar-refractivity contribution in [3.8, 4) is 0 Å². The lowest BCUT2D eigenvalue weighted by molar-refractivity contribution is -0.167. The summed E-state index contributed by atoms with van der Waals surface area (Å²) in [6, 6.07) is 0. The van der Waals surface area contributed by atoms with Gasteiger partial charge in [-0.2, -0.15) is 0 Å². The molecule has 0 aromatic carbocycles. The molecule has 0 rings (SSSR count). The van der Waals surface area contributed by atoms with Gasteiger partial charge in [-0.05, 0) is 96.3 Å². The van der Waals surface area contributed by atoms with E-state index in [0.29, 0.717) is 19.3 Å². The molecule has 6 nitrogen and oxygen atoms in total. The van der Waals surface area contributed by atoms with Gasteiger partial charge >= 0.3 is 17.9 Å². The Kier molecular flexibility index (Phi) is 46.6. The summed E-state index contributed by atoms with van der Waals surface area (Å²) < 4.78 is 16.7. The fraction of sp³-hybridized carbons (Fsp3) is 0.625. The van der Waals surface area contributed by atoms with Gasteiger partial charge in [0.05, 0.1) is 0 Å². The van der Waals surface area contributed by atoms with Gasteiger partial charge in [0.2, 0.25) is 0 Å². The minimum atomic E-state index is -0.816. The maximum atomic E-state index is 12.7. The lowest BCUT2D eigenvalue weighted by atomic mass is 10.1. The second-order valence-corrected chi connectivity index (χ2v) is 16.1. The molecule has 0 aliphatic carbocycles. The molecule has 0 saturated heterocycles. The first-order valence-electron chi connectivity index (χ1n) is 25.0. The lowest BCUT2D eigenvalue weighted by Gasteiger charge is -2.18. The van der Waals surface area contributed by atoms with E-state index >= 15 is 0 Å². The summed E-state index contributed by atoms with van der Waals surface area (Å²) in [6.45, 7) is 6.26. The summed E-state index contributed by atoms with van der Waals surface area (Å²) in [5, 5.41) is 0. The number of rotatable bonds is 43. The van der Waals surface area contributed by atoms with Crippen LogP contribution >= 0.6 is 0 Å². The molecule has 350 valence electrons. The zero-order valence-corrected chi connectivity index (χ0v) is 39.8.